The number of methoxy groups -OCH3 is 1. The number of halogens is 3. The van der Waals surface area contributed by atoms with Crippen LogP contribution >= 0.6 is 11.8 Å². The maximum Gasteiger partial charge on any atom is 0.573 e. The van der Waals surface area contributed by atoms with Gasteiger partial charge in [0.05, 0.1) is 12.7 Å². The lowest BCUT2D eigenvalue weighted by Crippen LogP contribution is -2.51. The van der Waals surface area contributed by atoms with E-state index in [2.05, 4.69) is 33.6 Å². The van der Waals surface area contributed by atoms with Crippen molar-refractivity contribution in [3.05, 3.63) is 35.6 Å². The van der Waals surface area contributed by atoms with Crippen LogP contribution in [0.25, 0.3) is 11.3 Å². The van der Waals surface area contributed by atoms with Crippen LogP contribution in [0.3, 0.4) is 0 Å². The minimum atomic E-state index is -4.81. The normalized spacial score (nSPS) is 23.8. The van der Waals surface area contributed by atoms with Crippen molar-refractivity contribution < 1.29 is 31.9 Å². The van der Waals surface area contributed by atoms with Crippen molar-refractivity contribution in [2.24, 2.45) is 4.99 Å². The Hall–Kier alpha value is -2.24. The average Bonchev–Trinajstić information content (AvgIpc) is 3.60. The van der Waals surface area contributed by atoms with Crippen molar-refractivity contribution in [3.63, 3.8) is 0 Å². The summed E-state index contributed by atoms with van der Waals surface area (Å²) in [5.74, 6) is 0.607. The molecule has 1 unspecified atom stereocenters. The number of amidine groups is 1. The number of para-hydroxylation sites is 1. The maximum absolute atomic E-state index is 13.0. The first-order valence-corrected chi connectivity index (χ1v) is 13.4. The van der Waals surface area contributed by atoms with Crippen molar-refractivity contribution in [1.82, 2.24) is 10.1 Å². The van der Waals surface area contributed by atoms with E-state index >= 15 is 0 Å². The van der Waals surface area contributed by atoms with Gasteiger partial charge in [0.1, 0.15) is 22.6 Å². The molecule has 2 aliphatic rings. The fourth-order valence-corrected chi connectivity index (χ4v) is 5.85. The highest BCUT2D eigenvalue weighted by molar-refractivity contribution is 8.14. The van der Waals surface area contributed by atoms with Gasteiger partial charge in [-0.2, -0.15) is 0 Å². The van der Waals surface area contributed by atoms with Crippen LogP contribution in [-0.2, 0) is 16.1 Å². The van der Waals surface area contributed by atoms with Crippen LogP contribution in [0.15, 0.2) is 33.8 Å². The Balaban J connectivity index is 1.51. The Labute approximate surface area is 219 Å². The first-order chi connectivity index (χ1) is 17.6. The lowest BCUT2D eigenvalue weighted by molar-refractivity contribution is -0.274. The highest BCUT2D eigenvalue weighted by Crippen LogP contribution is 2.46. The zero-order chi connectivity index (χ0) is 26.7. The third-order valence-corrected chi connectivity index (χ3v) is 7.90. The standard InChI is InChI=1S/C26H34F3N3O4S/c1-15-12-19(13-16(2)32(15)25(30-4)37-17(3)33-5)34-14-21-23(31-36-24(21)18-10-11-18)20-8-6-7-9-22(20)35-26(27,28)29/h6-9,15-19H,10-14H2,1-5H3/t15-,16-,17?/m1/s1. The van der Waals surface area contributed by atoms with E-state index in [1.807, 2.05) is 6.92 Å². The molecule has 204 valence electrons. The van der Waals surface area contributed by atoms with Crippen LogP contribution in [0.2, 0.25) is 0 Å². The summed E-state index contributed by atoms with van der Waals surface area (Å²) in [7, 11) is 3.47. The van der Waals surface area contributed by atoms with Crippen LogP contribution < -0.4 is 4.74 Å². The molecule has 2 fully saturated rings. The number of hydrogen-bond donors (Lipinski definition) is 0. The fraction of sp³-hybridized carbons (Fsp3) is 0.615. The second kappa shape index (κ2) is 11.7. The summed E-state index contributed by atoms with van der Waals surface area (Å²) in [5.41, 5.74) is 1.26. The number of benzene rings is 1. The molecule has 7 nitrogen and oxygen atoms in total. The number of nitrogens with zero attached hydrogens (tertiary/aromatic N) is 3. The van der Waals surface area contributed by atoms with Gasteiger partial charge in [-0.1, -0.05) is 29.1 Å². The molecule has 0 bridgehead atoms. The number of rotatable bonds is 8. The Bertz CT molecular complexity index is 1080. The minimum absolute atomic E-state index is 0.0101. The number of hydrogen-bond acceptors (Lipinski definition) is 7. The summed E-state index contributed by atoms with van der Waals surface area (Å²) in [5, 5.41) is 5.11. The van der Waals surface area contributed by atoms with E-state index in [4.69, 9.17) is 14.0 Å². The zero-order valence-electron chi connectivity index (χ0n) is 21.7. The minimum Gasteiger partial charge on any atom is -0.405 e. The average molecular weight is 542 g/mol. The van der Waals surface area contributed by atoms with Gasteiger partial charge in [0, 0.05) is 43.3 Å². The molecule has 0 radical (unpaired) electrons. The highest BCUT2D eigenvalue weighted by Gasteiger charge is 2.37. The molecule has 1 saturated heterocycles. The number of thioether (sulfide) groups is 1. The predicted octanol–water partition coefficient (Wildman–Crippen LogP) is 6.59. The van der Waals surface area contributed by atoms with Gasteiger partial charge in [-0.25, -0.2) is 0 Å². The monoisotopic (exact) mass is 541 g/mol. The predicted molar refractivity (Wildman–Crippen MR) is 137 cm³/mol. The lowest BCUT2D eigenvalue weighted by Gasteiger charge is -2.44. The van der Waals surface area contributed by atoms with Crippen molar-refractivity contribution in [3.8, 4) is 17.0 Å². The van der Waals surface area contributed by atoms with E-state index in [1.54, 1.807) is 38.1 Å². The van der Waals surface area contributed by atoms with Crippen LogP contribution in [0.4, 0.5) is 13.2 Å². The maximum atomic E-state index is 13.0. The van der Waals surface area contributed by atoms with E-state index in [9.17, 15) is 13.2 Å². The Morgan fingerprint density at radius 2 is 1.89 bits per heavy atom. The Kier molecular flexibility index (Phi) is 8.75. The van der Waals surface area contributed by atoms with Crippen LogP contribution in [0.5, 0.6) is 5.75 Å². The van der Waals surface area contributed by atoms with Gasteiger partial charge in [0.2, 0.25) is 0 Å². The molecule has 2 aromatic rings. The molecule has 4 rings (SSSR count). The lowest BCUT2D eigenvalue weighted by atomic mass is 9.95. The molecule has 2 heterocycles. The zero-order valence-corrected chi connectivity index (χ0v) is 22.6. The third-order valence-electron chi connectivity index (χ3n) is 6.77. The molecule has 11 heteroatoms. The molecule has 0 N–H and O–H groups in total. The largest absolute Gasteiger partial charge is 0.573 e. The SMILES string of the molecule is CN=C(SC(C)OC)N1[C@H](C)CC(OCc2c(-c3ccccc3OC(F)(F)F)noc2C2CC2)C[C@H]1C. The number of piperidine rings is 1. The van der Waals surface area contributed by atoms with Crippen LogP contribution in [-0.4, -0.2) is 59.4 Å². The topological polar surface area (TPSA) is 69.3 Å². The van der Waals surface area contributed by atoms with Gasteiger partial charge >= 0.3 is 6.36 Å². The molecule has 1 aromatic carbocycles. The molecule has 3 atom stereocenters. The van der Waals surface area contributed by atoms with E-state index in [0.717, 1.165) is 30.9 Å². The summed E-state index contributed by atoms with van der Waals surface area (Å²) < 4.78 is 60.8. The van der Waals surface area contributed by atoms with Gasteiger partial charge < -0.3 is 23.6 Å². The molecule has 1 aromatic heterocycles. The summed E-state index contributed by atoms with van der Waals surface area (Å²) in [6, 6.07) is 6.38. The quantitative estimate of drug-likeness (QED) is 0.212. The van der Waals surface area contributed by atoms with Crippen LogP contribution in [0.1, 0.15) is 63.7 Å². The van der Waals surface area contributed by atoms with Gasteiger partial charge in [-0.15, -0.1) is 13.2 Å². The molecule has 0 amide bonds. The molecular formula is C26H34F3N3O4S. The number of aliphatic imine (C=N–C) groups is 1. The number of ether oxygens (including phenoxy) is 3. The van der Waals surface area contributed by atoms with Gasteiger partial charge in [-0.05, 0) is 58.6 Å². The smallest absolute Gasteiger partial charge is 0.405 e. The van der Waals surface area contributed by atoms with Gasteiger partial charge in [0.25, 0.3) is 0 Å². The Morgan fingerprint density at radius 3 is 2.49 bits per heavy atom. The summed E-state index contributed by atoms with van der Waals surface area (Å²) in [4.78, 5) is 6.81. The van der Waals surface area contributed by atoms with Gasteiger partial charge in [0.15, 0.2) is 5.17 Å². The highest BCUT2D eigenvalue weighted by atomic mass is 32.2. The molecule has 1 aliphatic heterocycles. The second-order valence-electron chi connectivity index (χ2n) is 9.63. The van der Waals surface area contributed by atoms with Gasteiger partial charge in [-0.3, -0.25) is 4.99 Å². The van der Waals surface area contributed by atoms with Crippen LogP contribution in [0, 0.1) is 0 Å². The first-order valence-electron chi connectivity index (χ1n) is 12.5. The van der Waals surface area contributed by atoms with E-state index in [-0.39, 0.29) is 47.5 Å². The molecule has 37 heavy (non-hydrogen) atoms. The van der Waals surface area contributed by atoms with Crippen molar-refractivity contribution in [2.45, 2.75) is 89.0 Å². The Morgan fingerprint density at radius 1 is 1.22 bits per heavy atom. The first kappa shape index (κ1) is 27.8. The van der Waals surface area contributed by atoms with Crippen molar-refractivity contribution >= 4 is 16.9 Å². The molecule has 1 aliphatic carbocycles. The number of alkyl halides is 3. The van der Waals surface area contributed by atoms with E-state index in [1.165, 1.54) is 12.1 Å². The molecule has 1 saturated carbocycles. The second-order valence-corrected chi connectivity index (χ2v) is 10.9. The van der Waals surface area contributed by atoms with Crippen molar-refractivity contribution in [1.29, 1.82) is 0 Å². The van der Waals surface area contributed by atoms with E-state index < -0.39 is 6.36 Å². The number of aromatic nitrogens is 1. The number of likely N-dealkylation sites (tertiary alicyclic amines) is 1. The van der Waals surface area contributed by atoms with Crippen molar-refractivity contribution in [2.75, 3.05) is 14.2 Å². The summed E-state index contributed by atoms with van der Waals surface area (Å²) >= 11 is 1.59. The summed E-state index contributed by atoms with van der Waals surface area (Å²) in [6.07, 6.45) is -1.33. The molecular weight excluding hydrogens is 507 g/mol. The third kappa shape index (κ3) is 6.80. The van der Waals surface area contributed by atoms with E-state index in [0.29, 0.717) is 17.0 Å². The fourth-order valence-electron chi connectivity index (χ4n) is 4.87. The molecule has 0 spiro atoms. The summed E-state index contributed by atoms with van der Waals surface area (Å²) in [6.45, 7) is 6.51.